The monoisotopic (exact) mass is 480 g/mol. The largest absolute Gasteiger partial charge is 0.465 e. The number of furan rings is 1. The van der Waals surface area contributed by atoms with E-state index < -0.39 is 5.97 Å². The number of nitrogens with zero attached hydrogens (tertiary/aromatic N) is 3. The minimum Gasteiger partial charge on any atom is -0.465 e. The summed E-state index contributed by atoms with van der Waals surface area (Å²) in [4.78, 5) is 26.3. The highest BCUT2D eigenvalue weighted by Crippen LogP contribution is 2.39. The minimum atomic E-state index is -0.413. The summed E-state index contributed by atoms with van der Waals surface area (Å²) in [6, 6.07) is 13.3. The maximum absolute atomic E-state index is 12.8. The molecular weight excluding hydrogens is 460 g/mol. The fourth-order valence-electron chi connectivity index (χ4n) is 3.84. The molecule has 1 aliphatic carbocycles. The second-order valence-electron chi connectivity index (χ2n) is 7.34. The van der Waals surface area contributed by atoms with Crippen LogP contribution in [0, 0.1) is 0 Å². The van der Waals surface area contributed by atoms with Crippen molar-refractivity contribution in [1.82, 2.24) is 14.8 Å². The molecule has 0 saturated heterocycles. The van der Waals surface area contributed by atoms with Gasteiger partial charge in [-0.1, -0.05) is 30.0 Å². The summed E-state index contributed by atoms with van der Waals surface area (Å²) in [6.45, 7) is 0. The number of aryl methyl sites for hydroxylation is 1. The number of thiophene rings is 1. The Bertz CT molecular complexity index is 1300. The van der Waals surface area contributed by atoms with Gasteiger partial charge in [-0.25, -0.2) is 4.79 Å². The van der Waals surface area contributed by atoms with E-state index in [0.717, 1.165) is 35.4 Å². The van der Waals surface area contributed by atoms with E-state index in [1.165, 1.54) is 30.2 Å². The van der Waals surface area contributed by atoms with E-state index in [4.69, 9.17) is 9.15 Å². The Labute approximate surface area is 198 Å². The van der Waals surface area contributed by atoms with Gasteiger partial charge in [-0.05, 0) is 49.1 Å². The molecule has 1 N–H and O–H groups in total. The number of methoxy groups -OCH3 is 1. The molecule has 1 aliphatic rings. The third-order valence-electron chi connectivity index (χ3n) is 5.29. The van der Waals surface area contributed by atoms with Crippen molar-refractivity contribution in [3.05, 3.63) is 64.7 Å². The van der Waals surface area contributed by atoms with Gasteiger partial charge < -0.3 is 14.5 Å². The summed E-state index contributed by atoms with van der Waals surface area (Å²) in [5, 5.41) is 12.6. The average molecular weight is 481 g/mol. The number of esters is 1. The van der Waals surface area contributed by atoms with Crippen LogP contribution >= 0.6 is 23.1 Å². The molecule has 168 valence electrons. The first-order valence-corrected chi connectivity index (χ1v) is 12.2. The highest BCUT2D eigenvalue weighted by Gasteiger charge is 2.28. The number of fused-ring (bicyclic) bond motifs is 1. The van der Waals surface area contributed by atoms with Crippen molar-refractivity contribution in [2.24, 2.45) is 0 Å². The van der Waals surface area contributed by atoms with Gasteiger partial charge in [0.15, 0.2) is 10.9 Å². The molecule has 0 spiro atoms. The lowest BCUT2D eigenvalue weighted by atomic mass is 10.1. The van der Waals surface area contributed by atoms with Crippen LogP contribution in [0.15, 0.2) is 58.3 Å². The molecule has 0 aliphatic heterocycles. The molecule has 33 heavy (non-hydrogen) atoms. The van der Waals surface area contributed by atoms with Crippen LogP contribution in [0.2, 0.25) is 0 Å². The van der Waals surface area contributed by atoms with Crippen LogP contribution in [0.3, 0.4) is 0 Å². The van der Waals surface area contributed by atoms with Crippen LogP contribution in [-0.2, 0) is 22.4 Å². The van der Waals surface area contributed by atoms with Gasteiger partial charge in [0.25, 0.3) is 0 Å². The van der Waals surface area contributed by atoms with Crippen LogP contribution in [0.4, 0.5) is 5.00 Å². The van der Waals surface area contributed by atoms with E-state index in [9.17, 15) is 9.59 Å². The molecule has 5 rings (SSSR count). The molecule has 8 nitrogen and oxygen atoms in total. The Morgan fingerprint density at radius 2 is 2.03 bits per heavy atom. The number of carbonyl (C=O) groups is 2. The van der Waals surface area contributed by atoms with E-state index in [1.807, 2.05) is 41.0 Å². The Morgan fingerprint density at radius 1 is 1.18 bits per heavy atom. The summed E-state index contributed by atoms with van der Waals surface area (Å²) < 4.78 is 12.3. The Kier molecular flexibility index (Phi) is 6.01. The number of amides is 1. The first-order valence-electron chi connectivity index (χ1n) is 10.4. The van der Waals surface area contributed by atoms with Crippen molar-refractivity contribution in [3.8, 4) is 17.3 Å². The lowest BCUT2D eigenvalue weighted by Gasteiger charge is -2.09. The third kappa shape index (κ3) is 4.19. The minimum absolute atomic E-state index is 0.103. The summed E-state index contributed by atoms with van der Waals surface area (Å²) in [5.41, 5.74) is 2.35. The number of benzene rings is 1. The summed E-state index contributed by atoms with van der Waals surface area (Å²) >= 11 is 2.72. The van der Waals surface area contributed by atoms with Crippen molar-refractivity contribution in [2.75, 3.05) is 18.2 Å². The summed E-state index contributed by atoms with van der Waals surface area (Å²) in [5.74, 6) is 0.596. The number of ether oxygens (including phenoxy) is 1. The SMILES string of the molecule is COC(=O)c1c(NC(=O)CSc2nnc(-c3ccco3)n2-c2ccccc2)sc2c1CCC2. The first-order chi connectivity index (χ1) is 16.2. The maximum atomic E-state index is 12.8. The van der Waals surface area contributed by atoms with E-state index >= 15 is 0 Å². The van der Waals surface area contributed by atoms with Crippen LogP contribution in [0.5, 0.6) is 0 Å². The second kappa shape index (κ2) is 9.24. The Hall–Kier alpha value is -3.37. The Morgan fingerprint density at radius 3 is 2.79 bits per heavy atom. The van der Waals surface area contributed by atoms with Crippen molar-refractivity contribution < 1.29 is 18.7 Å². The molecule has 0 radical (unpaired) electrons. The summed E-state index contributed by atoms with van der Waals surface area (Å²) in [7, 11) is 1.36. The smallest absolute Gasteiger partial charge is 0.341 e. The van der Waals surface area contributed by atoms with Gasteiger partial charge in [0.05, 0.1) is 24.7 Å². The average Bonchev–Trinajstić information content (AvgIpc) is 3.61. The predicted octanol–water partition coefficient (Wildman–Crippen LogP) is 4.59. The zero-order valence-electron chi connectivity index (χ0n) is 17.7. The van der Waals surface area contributed by atoms with E-state index in [1.54, 1.807) is 12.3 Å². The van der Waals surface area contributed by atoms with Gasteiger partial charge in [-0.3, -0.25) is 9.36 Å². The Balaban J connectivity index is 1.37. The van der Waals surface area contributed by atoms with Crippen LogP contribution in [-0.4, -0.2) is 39.5 Å². The number of thioether (sulfide) groups is 1. The van der Waals surface area contributed by atoms with Gasteiger partial charge in [0.2, 0.25) is 11.7 Å². The number of hydrogen-bond donors (Lipinski definition) is 1. The number of aromatic nitrogens is 3. The number of hydrogen-bond acceptors (Lipinski definition) is 8. The van der Waals surface area contributed by atoms with Gasteiger partial charge >= 0.3 is 5.97 Å². The van der Waals surface area contributed by atoms with Gasteiger partial charge in [0.1, 0.15) is 5.00 Å². The zero-order chi connectivity index (χ0) is 22.8. The highest BCUT2D eigenvalue weighted by atomic mass is 32.2. The van der Waals surface area contributed by atoms with Gasteiger partial charge in [-0.15, -0.1) is 21.5 Å². The molecule has 0 unspecified atom stereocenters. The molecular formula is C23H20N4O4S2. The molecule has 3 heterocycles. The number of anilines is 1. The lowest BCUT2D eigenvalue weighted by Crippen LogP contribution is -2.16. The second-order valence-corrected chi connectivity index (χ2v) is 9.39. The molecule has 0 atom stereocenters. The van der Waals surface area contributed by atoms with Crippen molar-refractivity contribution >= 4 is 40.0 Å². The van der Waals surface area contributed by atoms with Gasteiger partial charge in [0, 0.05) is 10.6 Å². The molecule has 0 fully saturated rings. The predicted molar refractivity (Wildman–Crippen MR) is 126 cm³/mol. The highest BCUT2D eigenvalue weighted by molar-refractivity contribution is 7.99. The topological polar surface area (TPSA) is 99.2 Å². The lowest BCUT2D eigenvalue weighted by molar-refractivity contribution is -0.113. The summed E-state index contributed by atoms with van der Waals surface area (Å²) in [6.07, 6.45) is 4.35. The van der Waals surface area contributed by atoms with Crippen molar-refractivity contribution in [2.45, 2.75) is 24.4 Å². The first kappa shape index (κ1) is 21.5. The van der Waals surface area contributed by atoms with Gasteiger partial charge in [-0.2, -0.15) is 0 Å². The van der Waals surface area contributed by atoms with E-state index in [0.29, 0.717) is 27.3 Å². The van der Waals surface area contributed by atoms with E-state index in [2.05, 4.69) is 15.5 Å². The fourth-order valence-corrected chi connectivity index (χ4v) is 5.89. The molecule has 0 saturated carbocycles. The number of para-hydroxylation sites is 1. The molecule has 1 aromatic carbocycles. The number of nitrogens with one attached hydrogen (secondary N) is 1. The molecule has 0 bridgehead atoms. The van der Waals surface area contributed by atoms with Crippen LogP contribution in [0.1, 0.15) is 27.2 Å². The molecule has 3 aromatic heterocycles. The fraction of sp³-hybridized carbons (Fsp3) is 0.217. The number of carbonyl (C=O) groups excluding carboxylic acids is 2. The van der Waals surface area contributed by atoms with Crippen molar-refractivity contribution in [3.63, 3.8) is 0 Å². The molecule has 4 aromatic rings. The quantitative estimate of drug-likeness (QED) is 0.305. The molecule has 10 heteroatoms. The standard InChI is InChI=1S/C23H20N4O4S2/c1-30-22(29)19-15-9-5-11-17(15)33-21(19)24-18(28)13-32-23-26-25-20(16-10-6-12-31-16)27(23)14-7-3-2-4-8-14/h2-4,6-8,10,12H,5,9,11,13H2,1H3,(H,24,28). The maximum Gasteiger partial charge on any atom is 0.341 e. The third-order valence-corrected chi connectivity index (χ3v) is 7.42. The zero-order valence-corrected chi connectivity index (χ0v) is 19.4. The molecule has 1 amide bonds. The van der Waals surface area contributed by atoms with Crippen LogP contribution < -0.4 is 5.32 Å². The normalized spacial score (nSPS) is 12.5. The van der Waals surface area contributed by atoms with E-state index in [-0.39, 0.29) is 11.7 Å². The van der Waals surface area contributed by atoms with Crippen LogP contribution in [0.25, 0.3) is 17.3 Å². The van der Waals surface area contributed by atoms with Crippen molar-refractivity contribution in [1.29, 1.82) is 0 Å². The number of rotatable bonds is 7.